The summed E-state index contributed by atoms with van der Waals surface area (Å²) in [6.07, 6.45) is 7.65. The van der Waals surface area contributed by atoms with Gasteiger partial charge >= 0.3 is 0 Å². The monoisotopic (exact) mass is 526 g/mol. The van der Waals surface area contributed by atoms with Crippen molar-refractivity contribution in [1.82, 2.24) is 9.13 Å². The van der Waals surface area contributed by atoms with Crippen molar-refractivity contribution < 1.29 is 0 Å². The highest BCUT2D eigenvalue weighted by Gasteiger charge is 2.03. The minimum absolute atomic E-state index is 0.0125. The Morgan fingerprint density at radius 1 is 0.538 bits per heavy atom. The maximum absolute atomic E-state index is 12.2. The van der Waals surface area contributed by atoms with E-state index < -0.39 is 0 Å². The van der Waals surface area contributed by atoms with E-state index in [9.17, 15) is 9.59 Å². The maximum Gasteiger partial charge on any atom is 0.255 e. The molecule has 0 bridgehead atoms. The molecule has 3 aromatic carbocycles. The Bertz CT molecular complexity index is 1770. The van der Waals surface area contributed by atoms with Crippen molar-refractivity contribution >= 4 is 23.5 Å². The molecule has 0 fully saturated rings. The van der Waals surface area contributed by atoms with Gasteiger partial charge in [0.2, 0.25) is 0 Å². The van der Waals surface area contributed by atoms with Crippen molar-refractivity contribution in [3.63, 3.8) is 0 Å². The number of thiophene rings is 1. The maximum atomic E-state index is 12.2. The van der Waals surface area contributed by atoms with E-state index in [2.05, 4.69) is 6.07 Å². The van der Waals surface area contributed by atoms with Crippen LogP contribution in [0.5, 0.6) is 0 Å². The van der Waals surface area contributed by atoms with Crippen LogP contribution in [-0.2, 0) is 0 Å². The molecule has 39 heavy (non-hydrogen) atoms. The van der Waals surface area contributed by atoms with Crippen molar-refractivity contribution in [1.29, 1.82) is 0 Å². The Labute approximate surface area is 231 Å². The van der Waals surface area contributed by atoms with Gasteiger partial charge in [-0.25, -0.2) is 0 Å². The van der Waals surface area contributed by atoms with Crippen LogP contribution in [0.2, 0.25) is 0 Å². The summed E-state index contributed by atoms with van der Waals surface area (Å²) in [7, 11) is 0. The fourth-order valence-electron chi connectivity index (χ4n) is 4.02. The molecule has 0 spiro atoms. The third kappa shape index (κ3) is 6.66. The van der Waals surface area contributed by atoms with Crippen molar-refractivity contribution in [2.24, 2.45) is 0 Å². The predicted molar refractivity (Wildman–Crippen MR) is 163 cm³/mol. The second-order valence-electron chi connectivity index (χ2n) is 8.69. The first-order valence-corrected chi connectivity index (χ1v) is 13.4. The first-order chi connectivity index (χ1) is 19.2. The lowest BCUT2D eigenvalue weighted by Crippen LogP contribution is -2.16. The Hall–Kier alpha value is -5.00. The number of hydrogen-bond donors (Lipinski definition) is 0. The molecule has 3 heterocycles. The largest absolute Gasteiger partial charge is 0.284 e. The highest BCUT2D eigenvalue weighted by Crippen LogP contribution is 2.24. The number of nitrogens with zero attached hydrogens (tertiary/aromatic N) is 2. The van der Waals surface area contributed by atoms with E-state index in [0.29, 0.717) is 0 Å². The Morgan fingerprint density at radius 2 is 1.15 bits per heavy atom. The van der Waals surface area contributed by atoms with Gasteiger partial charge in [-0.1, -0.05) is 84.9 Å². The molecule has 6 rings (SSSR count). The van der Waals surface area contributed by atoms with Gasteiger partial charge in [-0.05, 0) is 59.0 Å². The van der Waals surface area contributed by atoms with Crippen LogP contribution in [0.1, 0.15) is 11.1 Å². The minimum Gasteiger partial charge on any atom is -0.284 e. The van der Waals surface area contributed by atoms with Gasteiger partial charge in [0.15, 0.2) is 0 Å². The van der Waals surface area contributed by atoms with Crippen LogP contribution in [0.4, 0.5) is 0 Å². The van der Waals surface area contributed by atoms with Gasteiger partial charge in [0.05, 0.1) is 0 Å². The first kappa shape index (κ1) is 25.6. The van der Waals surface area contributed by atoms with E-state index in [0.717, 1.165) is 28.1 Å². The van der Waals surface area contributed by atoms with Gasteiger partial charge in [-0.15, -0.1) is 11.3 Å². The van der Waals surface area contributed by atoms with E-state index >= 15 is 0 Å². The summed E-state index contributed by atoms with van der Waals surface area (Å²) in [5, 5.41) is 2.04. The third-order valence-electron chi connectivity index (χ3n) is 6.00. The summed E-state index contributed by atoms with van der Waals surface area (Å²) in [6.45, 7) is 0. The topological polar surface area (TPSA) is 44.0 Å². The summed E-state index contributed by atoms with van der Waals surface area (Å²) < 4.78 is 3.31. The number of benzene rings is 3. The number of pyridine rings is 2. The second-order valence-corrected chi connectivity index (χ2v) is 9.63. The molecule has 4 nitrogen and oxygen atoms in total. The fourth-order valence-corrected chi connectivity index (χ4v) is 4.74. The summed E-state index contributed by atoms with van der Waals surface area (Å²) in [6, 6.07) is 40.4. The van der Waals surface area contributed by atoms with Gasteiger partial charge < -0.3 is 0 Å². The summed E-state index contributed by atoms with van der Waals surface area (Å²) >= 11 is 1.67. The normalized spacial score (nSPS) is 10.7. The standard InChI is InChI=1S/C19H15NO.C15H11NOS/c21-19-15-17(12-11-16-7-3-1-4-8-16)13-14-20(19)18-9-5-2-6-10-18;17-15-9-8-12(14-7-4-10-18-14)11-16(15)13-5-2-1-3-6-13/h1-15H;1-11H/b12-11+;. The molecule has 5 heteroatoms. The quantitative estimate of drug-likeness (QED) is 0.232. The van der Waals surface area contributed by atoms with Crippen LogP contribution < -0.4 is 11.1 Å². The molecule has 0 aliphatic carbocycles. The van der Waals surface area contributed by atoms with Gasteiger partial charge in [-0.3, -0.25) is 18.7 Å². The predicted octanol–water partition coefficient (Wildman–Crippen LogP) is 7.57. The van der Waals surface area contributed by atoms with Crippen LogP contribution >= 0.6 is 11.3 Å². The number of rotatable bonds is 5. The molecule has 6 aromatic rings. The molecule has 190 valence electrons. The van der Waals surface area contributed by atoms with Crippen molar-refractivity contribution in [2.75, 3.05) is 0 Å². The zero-order chi connectivity index (χ0) is 26.9. The van der Waals surface area contributed by atoms with Crippen molar-refractivity contribution in [3.8, 4) is 21.8 Å². The molecule has 0 saturated heterocycles. The van der Waals surface area contributed by atoms with Gasteiger partial charge in [-0.2, -0.15) is 0 Å². The van der Waals surface area contributed by atoms with Gasteiger partial charge in [0, 0.05) is 46.3 Å². The molecule has 0 radical (unpaired) electrons. The molecule has 0 saturated carbocycles. The lowest BCUT2D eigenvalue weighted by atomic mass is 10.1. The number of hydrogen-bond acceptors (Lipinski definition) is 3. The Morgan fingerprint density at radius 3 is 1.77 bits per heavy atom. The Kier molecular flexibility index (Phi) is 8.22. The SMILES string of the molecule is O=c1cc(/C=C/c2ccccc2)ccn1-c1ccccc1.O=c1ccc(-c2cccs2)cn1-c1ccccc1. The molecular formula is C34H26N2O2S. The van der Waals surface area contributed by atoms with E-state index in [1.54, 1.807) is 32.6 Å². The molecule has 3 aromatic heterocycles. The smallest absolute Gasteiger partial charge is 0.255 e. The van der Waals surface area contributed by atoms with E-state index in [-0.39, 0.29) is 11.1 Å². The molecule has 0 unspecified atom stereocenters. The number of aromatic nitrogens is 2. The van der Waals surface area contributed by atoms with Gasteiger partial charge in [0.1, 0.15) is 0 Å². The second kappa shape index (κ2) is 12.5. The van der Waals surface area contributed by atoms with Crippen LogP contribution in [0.3, 0.4) is 0 Å². The third-order valence-corrected chi connectivity index (χ3v) is 6.92. The first-order valence-electron chi connectivity index (χ1n) is 12.5. The molecule has 0 N–H and O–H groups in total. The lowest BCUT2D eigenvalue weighted by molar-refractivity contribution is 0.989. The highest BCUT2D eigenvalue weighted by molar-refractivity contribution is 7.13. The minimum atomic E-state index is -0.0311. The molecule has 0 aliphatic rings. The summed E-state index contributed by atoms with van der Waals surface area (Å²) in [5.74, 6) is 0. The van der Waals surface area contributed by atoms with Crippen LogP contribution in [0, 0.1) is 0 Å². The summed E-state index contributed by atoms with van der Waals surface area (Å²) in [5.41, 5.74) is 4.80. The molecule has 0 aliphatic heterocycles. The Balaban J connectivity index is 0.000000160. The van der Waals surface area contributed by atoms with Gasteiger partial charge in [0.25, 0.3) is 11.1 Å². The fraction of sp³-hybridized carbons (Fsp3) is 0. The van der Waals surface area contributed by atoms with Crippen LogP contribution in [-0.4, -0.2) is 9.13 Å². The van der Waals surface area contributed by atoms with E-state index in [4.69, 9.17) is 0 Å². The highest BCUT2D eigenvalue weighted by atomic mass is 32.1. The number of para-hydroxylation sites is 2. The lowest BCUT2D eigenvalue weighted by Gasteiger charge is -2.07. The molecule has 0 atom stereocenters. The van der Waals surface area contributed by atoms with E-state index in [1.165, 1.54) is 4.88 Å². The van der Waals surface area contributed by atoms with E-state index in [1.807, 2.05) is 139 Å². The van der Waals surface area contributed by atoms with Crippen LogP contribution in [0.25, 0.3) is 34.0 Å². The van der Waals surface area contributed by atoms with Crippen LogP contribution in [0.15, 0.2) is 155 Å². The summed E-state index contributed by atoms with van der Waals surface area (Å²) in [4.78, 5) is 25.3. The zero-order valence-electron chi connectivity index (χ0n) is 21.1. The zero-order valence-corrected chi connectivity index (χ0v) is 21.9. The molecule has 0 amide bonds. The average molecular weight is 527 g/mol. The average Bonchev–Trinajstić information content (AvgIpc) is 3.54. The molecular weight excluding hydrogens is 500 g/mol. The van der Waals surface area contributed by atoms with Crippen molar-refractivity contribution in [3.05, 3.63) is 177 Å². The van der Waals surface area contributed by atoms with Crippen molar-refractivity contribution in [2.45, 2.75) is 0 Å².